The summed E-state index contributed by atoms with van der Waals surface area (Å²) >= 11 is 0. The van der Waals surface area contributed by atoms with E-state index >= 15 is 0 Å². The highest BCUT2D eigenvalue weighted by atomic mass is 16.5. The molecule has 0 radical (unpaired) electrons. The van der Waals surface area contributed by atoms with Gasteiger partial charge in [-0.15, -0.1) is 0 Å². The number of esters is 1. The molecule has 1 heterocycles. The number of hydrogen-bond acceptors (Lipinski definition) is 5. The lowest BCUT2D eigenvalue weighted by Gasteiger charge is -2.28. The molecule has 0 aromatic heterocycles. The van der Waals surface area contributed by atoms with Crippen LogP contribution in [0.25, 0.3) is 0 Å². The average Bonchev–Trinajstić information content (AvgIpc) is 3.27. The lowest BCUT2D eigenvalue weighted by molar-refractivity contribution is 0.0526. The van der Waals surface area contributed by atoms with Crippen LogP contribution in [0.3, 0.4) is 0 Å². The van der Waals surface area contributed by atoms with Crippen molar-refractivity contribution < 1.29 is 9.53 Å². The number of hydrazone groups is 1. The molecule has 1 aliphatic rings. The lowest BCUT2D eigenvalue weighted by atomic mass is 10.0. The Morgan fingerprint density at radius 3 is 2.16 bits per heavy atom. The van der Waals surface area contributed by atoms with Crippen LogP contribution in [0.5, 0.6) is 0 Å². The molecule has 0 N–H and O–H groups in total. The first-order valence-corrected chi connectivity index (χ1v) is 10.8. The van der Waals surface area contributed by atoms with Crippen molar-refractivity contribution in [3.8, 4) is 6.07 Å². The summed E-state index contributed by atoms with van der Waals surface area (Å²) < 4.78 is 5.10. The maximum absolute atomic E-state index is 12.0. The zero-order chi connectivity index (χ0) is 22.3. The molecule has 5 nitrogen and oxygen atoms in total. The topological polar surface area (TPSA) is 65.7 Å². The third-order valence-corrected chi connectivity index (χ3v) is 5.72. The van der Waals surface area contributed by atoms with E-state index in [-0.39, 0.29) is 18.1 Å². The molecule has 0 saturated carbocycles. The van der Waals surface area contributed by atoms with Gasteiger partial charge in [0.2, 0.25) is 0 Å². The Bertz CT molecular complexity index is 1120. The van der Waals surface area contributed by atoms with Crippen LogP contribution < -0.4 is 0 Å². The summed E-state index contributed by atoms with van der Waals surface area (Å²) in [5, 5.41) is 16.2. The van der Waals surface area contributed by atoms with Gasteiger partial charge in [0, 0.05) is 0 Å². The summed E-state index contributed by atoms with van der Waals surface area (Å²) in [6.07, 6.45) is 3.78. The molecule has 2 atom stereocenters. The minimum Gasteiger partial charge on any atom is -0.462 e. The molecule has 1 saturated heterocycles. The highest BCUT2D eigenvalue weighted by Crippen LogP contribution is 2.44. The molecule has 1 fully saturated rings. The van der Waals surface area contributed by atoms with E-state index in [4.69, 9.17) is 15.1 Å². The van der Waals surface area contributed by atoms with Crippen LogP contribution in [-0.4, -0.2) is 23.8 Å². The third-order valence-electron chi connectivity index (χ3n) is 5.72. The van der Waals surface area contributed by atoms with Gasteiger partial charge in [-0.05, 0) is 60.7 Å². The van der Waals surface area contributed by atoms with Crippen molar-refractivity contribution in [1.29, 1.82) is 5.26 Å². The molecule has 0 unspecified atom stereocenters. The van der Waals surface area contributed by atoms with Gasteiger partial charge >= 0.3 is 5.97 Å². The monoisotopic (exact) mass is 423 g/mol. The fourth-order valence-electron chi connectivity index (χ4n) is 4.11. The van der Waals surface area contributed by atoms with E-state index in [2.05, 4.69) is 11.1 Å². The minimum absolute atomic E-state index is 0.0897. The molecule has 0 amide bonds. The summed E-state index contributed by atoms with van der Waals surface area (Å²) in [5.74, 6) is -0.306. The second kappa shape index (κ2) is 9.93. The number of carbonyl (C=O) groups excluding carboxylic acids is 1. The second-order valence-electron chi connectivity index (χ2n) is 7.72. The molecule has 3 aromatic carbocycles. The number of benzene rings is 3. The predicted molar refractivity (Wildman–Crippen MR) is 124 cm³/mol. The third kappa shape index (κ3) is 4.70. The Labute approximate surface area is 188 Å². The number of nitrogens with zero attached hydrogens (tertiary/aromatic N) is 3. The molecule has 32 heavy (non-hydrogen) atoms. The van der Waals surface area contributed by atoms with Crippen molar-refractivity contribution >= 4 is 12.2 Å². The van der Waals surface area contributed by atoms with E-state index < -0.39 is 0 Å². The van der Waals surface area contributed by atoms with E-state index in [0.29, 0.717) is 17.7 Å². The summed E-state index contributed by atoms with van der Waals surface area (Å²) in [6.45, 7) is 2.16. The van der Waals surface area contributed by atoms with Crippen molar-refractivity contribution in [3.05, 3.63) is 107 Å². The van der Waals surface area contributed by atoms with Crippen LogP contribution in [0.1, 0.15) is 64.5 Å². The van der Waals surface area contributed by atoms with E-state index in [1.54, 1.807) is 6.92 Å². The first-order valence-electron chi connectivity index (χ1n) is 10.8. The molecule has 1 aliphatic heterocycles. The molecular formula is C27H25N3O2. The van der Waals surface area contributed by atoms with Crippen molar-refractivity contribution in [2.24, 2.45) is 5.10 Å². The highest BCUT2D eigenvalue weighted by molar-refractivity contribution is 5.89. The van der Waals surface area contributed by atoms with Crippen LogP contribution in [0, 0.1) is 11.3 Å². The second-order valence-corrected chi connectivity index (χ2v) is 7.72. The standard InChI is InChI=1S/C27H25N3O2/c1-2-32-27(31)24-14-12-23(13-15-24)26-17-16-25(22-10-8-20(18-28)9-11-22)30(26)29-19-21-6-4-3-5-7-21/h3-15,19,25-26H,2,16-17H2,1H3/b29-19+/t25-,26+/m0/s1. The average molecular weight is 424 g/mol. The van der Waals surface area contributed by atoms with Gasteiger partial charge in [0.05, 0.1) is 42.1 Å². The smallest absolute Gasteiger partial charge is 0.338 e. The van der Waals surface area contributed by atoms with E-state index in [1.165, 1.54) is 0 Å². The lowest BCUT2D eigenvalue weighted by Crippen LogP contribution is -2.21. The van der Waals surface area contributed by atoms with Crippen LogP contribution >= 0.6 is 0 Å². The van der Waals surface area contributed by atoms with Crippen molar-refractivity contribution in [2.75, 3.05) is 6.61 Å². The van der Waals surface area contributed by atoms with Gasteiger partial charge in [-0.3, -0.25) is 5.01 Å². The number of carbonyl (C=O) groups is 1. The molecular weight excluding hydrogens is 398 g/mol. The summed E-state index contributed by atoms with van der Waals surface area (Å²) in [5.41, 5.74) is 4.49. The summed E-state index contributed by atoms with van der Waals surface area (Å²) in [7, 11) is 0. The van der Waals surface area contributed by atoms with Gasteiger partial charge in [0.15, 0.2) is 0 Å². The van der Waals surface area contributed by atoms with Crippen molar-refractivity contribution in [2.45, 2.75) is 31.8 Å². The van der Waals surface area contributed by atoms with Crippen LogP contribution in [0.2, 0.25) is 0 Å². The van der Waals surface area contributed by atoms with Gasteiger partial charge in [-0.1, -0.05) is 54.6 Å². The largest absolute Gasteiger partial charge is 0.462 e. The maximum atomic E-state index is 12.0. The first kappa shape index (κ1) is 21.3. The number of ether oxygens (including phenoxy) is 1. The van der Waals surface area contributed by atoms with Gasteiger partial charge in [0.25, 0.3) is 0 Å². The summed E-state index contributed by atoms with van der Waals surface area (Å²) in [6, 6.07) is 27.8. The van der Waals surface area contributed by atoms with E-state index in [9.17, 15) is 4.79 Å². The Balaban J connectivity index is 1.63. The highest BCUT2D eigenvalue weighted by Gasteiger charge is 2.34. The predicted octanol–water partition coefficient (Wildman–Crippen LogP) is 5.65. The normalized spacial score (nSPS) is 17.9. The summed E-state index contributed by atoms with van der Waals surface area (Å²) in [4.78, 5) is 12.0. The Morgan fingerprint density at radius 2 is 1.59 bits per heavy atom. The van der Waals surface area contributed by atoms with E-state index in [1.807, 2.05) is 85.1 Å². The molecule has 160 valence electrons. The molecule has 0 aliphatic carbocycles. The van der Waals surface area contributed by atoms with Crippen molar-refractivity contribution in [3.63, 3.8) is 0 Å². The van der Waals surface area contributed by atoms with Gasteiger partial charge in [0.1, 0.15) is 0 Å². The van der Waals surface area contributed by atoms with Crippen LogP contribution in [0.4, 0.5) is 0 Å². The zero-order valence-corrected chi connectivity index (χ0v) is 18.0. The molecule has 0 bridgehead atoms. The number of nitriles is 1. The van der Waals surface area contributed by atoms with Gasteiger partial charge in [-0.2, -0.15) is 10.4 Å². The molecule has 0 spiro atoms. The SMILES string of the molecule is CCOC(=O)c1ccc([C@H]2CC[C@@H](c3ccc(C#N)cc3)N2/N=C/c2ccccc2)cc1. The van der Waals surface area contributed by atoms with Crippen molar-refractivity contribution in [1.82, 2.24) is 5.01 Å². The molecule has 4 rings (SSSR count). The number of hydrogen-bond donors (Lipinski definition) is 0. The minimum atomic E-state index is -0.306. The Morgan fingerprint density at radius 1 is 1.00 bits per heavy atom. The first-order chi connectivity index (χ1) is 15.7. The number of rotatable bonds is 6. The van der Waals surface area contributed by atoms with E-state index in [0.717, 1.165) is 29.5 Å². The van der Waals surface area contributed by atoms with Crippen LogP contribution in [0.15, 0.2) is 84.0 Å². The molecule has 3 aromatic rings. The van der Waals surface area contributed by atoms with Gasteiger partial charge in [-0.25, -0.2) is 4.79 Å². The van der Waals surface area contributed by atoms with Gasteiger partial charge < -0.3 is 4.74 Å². The Hall–Kier alpha value is -3.91. The zero-order valence-electron chi connectivity index (χ0n) is 18.0. The van der Waals surface area contributed by atoms with Crippen LogP contribution in [-0.2, 0) is 4.74 Å². The Kier molecular flexibility index (Phi) is 6.62. The quantitative estimate of drug-likeness (QED) is 0.380. The molecule has 5 heteroatoms. The fourth-order valence-corrected chi connectivity index (χ4v) is 4.11. The fraction of sp³-hybridized carbons (Fsp3) is 0.222. The maximum Gasteiger partial charge on any atom is 0.338 e.